The number of nitrogens with zero attached hydrogens (tertiary/aromatic N) is 2. The molecule has 0 aliphatic carbocycles. The number of benzene rings is 2. The number of hydrogen-bond acceptors (Lipinski definition) is 4. The van der Waals surface area contributed by atoms with Crippen LogP contribution in [0.2, 0.25) is 0 Å². The zero-order valence-electron chi connectivity index (χ0n) is 19.0. The third kappa shape index (κ3) is 8.78. The molecular formula is C24H34N4O3. The van der Waals surface area contributed by atoms with Crippen molar-refractivity contribution in [2.75, 3.05) is 41.0 Å². The van der Waals surface area contributed by atoms with Gasteiger partial charge in [0.2, 0.25) is 0 Å². The Morgan fingerprint density at radius 1 is 0.935 bits per heavy atom. The maximum atomic E-state index is 12.0. The first-order valence-corrected chi connectivity index (χ1v) is 10.5. The molecule has 2 rings (SSSR count). The summed E-state index contributed by atoms with van der Waals surface area (Å²) in [6.45, 7) is 5.74. The zero-order valence-corrected chi connectivity index (χ0v) is 19.0. The van der Waals surface area contributed by atoms with Crippen LogP contribution in [0.25, 0.3) is 0 Å². The first-order valence-electron chi connectivity index (χ1n) is 10.5. The standard InChI is InChI=1S/C24H34N4O3/c1-5-30-13-14-31-18-21-8-6-7-20(15-21)17-27-24(25-2)26-16-19-9-11-22(12-10-19)23(29)28(3)4/h6-12,15H,5,13-14,16-18H2,1-4H3,(H2,25,26,27). The van der Waals surface area contributed by atoms with Crippen LogP contribution in [-0.4, -0.2) is 57.7 Å². The largest absolute Gasteiger partial charge is 0.379 e. The van der Waals surface area contributed by atoms with Crippen molar-refractivity contribution in [3.05, 3.63) is 70.8 Å². The van der Waals surface area contributed by atoms with E-state index in [-0.39, 0.29) is 5.91 Å². The minimum atomic E-state index is -0.00101. The van der Waals surface area contributed by atoms with E-state index in [1.807, 2.05) is 37.3 Å². The van der Waals surface area contributed by atoms with Crippen LogP contribution in [-0.2, 0) is 29.2 Å². The number of nitrogens with one attached hydrogen (secondary N) is 2. The minimum Gasteiger partial charge on any atom is -0.379 e. The summed E-state index contributed by atoms with van der Waals surface area (Å²) in [6.07, 6.45) is 0. The monoisotopic (exact) mass is 426 g/mol. The summed E-state index contributed by atoms with van der Waals surface area (Å²) < 4.78 is 10.9. The van der Waals surface area contributed by atoms with Crippen molar-refractivity contribution in [2.45, 2.75) is 26.6 Å². The van der Waals surface area contributed by atoms with Gasteiger partial charge in [0.25, 0.3) is 5.91 Å². The Kier molecular flexibility index (Phi) is 10.5. The lowest BCUT2D eigenvalue weighted by Crippen LogP contribution is -2.36. The molecule has 0 saturated carbocycles. The van der Waals surface area contributed by atoms with E-state index in [1.165, 1.54) is 0 Å². The summed E-state index contributed by atoms with van der Waals surface area (Å²) >= 11 is 0. The number of hydrogen-bond donors (Lipinski definition) is 2. The molecule has 0 unspecified atom stereocenters. The van der Waals surface area contributed by atoms with E-state index in [0.717, 1.165) is 16.7 Å². The van der Waals surface area contributed by atoms with Gasteiger partial charge < -0.3 is 25.0 Å². The number of rotatable bonds is 11. The molecule has 2 aromatic carbocycles. The van der Waals surface area contributed by atoms with E-state index in [4.69, 9.17) is 9.47 Å². The van der Waals surface area contributed by atoms with Gasteiger partial charge in [-0.15, -0.1) is 0 Å². The molecule has 7 heteroatoms. The van der Waals surface area contributed by atoms with Crippen molar-refractivity contribution < 1.29 is 14.3 Å². The highest BCUT2D eigenvalue weighted by atomic mass is 16.5. The number of amides is 1. The molecule has 7 nitrogen and oxygen atoms in total. The number of aliphatic imine (C=N–C) groups is 1. The van der Waals surface area contributed by atoms with E-state index in [2.05, 4.69) is 33.8 Å². The van der Waals surface area contributed by atoms with E-state index in [1.54, 1.807) is 26.0 Å². The fourth-order valence-electron chi connectivity index (χ4n) is 2.90. The first kappa shape index (κ1) is 24.4. The summed E-state index contributed by atoms with van der Waals surface area (Å²) in [4.78, 5) is 17.8. The lowest BCUT2D eigenvalue weighted by atomic mass is 10.1. The molecule has 0 spiro atoms. The maximum Gasteiger partial charge on any atom is 0.253 e. The predicted molar refractivity (Wildman–Crippen MR) is 124 cm³/mol. The second kappa shape index (κ2) is 13.4. The van der Waals surface area contributed by atoms with Crippen molar-refractivity contribution in [3.8, 4) is 0 Å². The van der Waals surface area contributed by atoms with Crippen molar-refractivity contribution >= 4 is 11.9 Å². The molecule has 31 heavy (non-hydrogen) atoms. The molecular weight excluding hydrogens is 392 g/mol. The van der Waals surface area contributed by atoms with Crippen LogP contribution >= 0.6 is 0 Å². The van der Waals surface area contributed by atoms with Gasteiger partial charge in [-0.2, -0.15) is 0 Å². The first-order chi connectivity index (χ1) is 15.0. The molecule has 0 aliphatic heterocycles. The van der Waals surface area contributed by atoms with Crippen molar-refractivity contribution in [1.29, 1.82) is 0 Å². The normalized spacial score (nSPS) is 11.3. The Hall–Kier alpha value is -2.90. The van der Waals surface area contributed by atoms with Crippen molar-refractivity contribution in [1.82, 2.24) is 15.5 Å². The van der Waals surface area contributed by atoms with Crippen LogP contribution in [0.1, 0.15) is 34.0 Å². The Bertz CT molecular complexity index is 835. The molecule has 0 atom stereocenters. The molecule has 0 radical (unpaired) electrons. The SMILES string of the molecule is CCOCCOCc1cccc(CNC(=NC)NCc2ccc(C(=O)N(C)C)cc2)c1. The van der Waals surface area contributed by atoms with Gasteiger partial charge in [-0.3, -0.25) is 9.79 Å². The van der Waals surface area contributed by atoms with E-state index in [9.17, 15) is 4.79 Å². The average molecular weight is 427 g/mol. The van der Waals surface area contributed by atoms with Gasteiger partial charge in [0, 0.05) is 46.4 Å². The topological polar surface area (TPSA) is 75.2 Å². The van der Waals surface area contributed by atoms with Crippen LogP contribution in [0.15, 0.2) is 53.5 Å². The van der Waals surface area contributed by atoms with Crippen molar-refractivity contribution in [2.24, 2.45) is 4.99 Å². The van der Waals surface area contributed by atoms with Crippen molar-refractivity contribution in [3.63, 3.8) is 0 Å². The fraction of sp³-hybridized carbons (Fsp3) is 0.417. The molecule has 0 heterocycles. The average Bonchev–Trinajstić information content (AvgIpc) is 2.79. The van der Waals surface area contributed by atoms with Gasteiger partial charge >= 0.3 is 0 Å². The molecule has 0 aliphatic rings. The summed E-state index contributed by atoms with van der Waals surface area (Å²) in [6, 6.07) is 15.9. The highest BCUT2D eigenvalue weighted by Crippen LogP contribution is 2.08. The summed E-state index contributed by atoms with van der Waals surface area (Å²) in [5.41, 5.74) is 4.04. The Morgan fingerprint density at radius 2 is 1.58 bits per heavy atom. The molecule has 2 aromatic rings. The third-order valence-corrected chi connectivity index (χ3v) is 4.59. The number of carbonyl (C=O) groups excluding carboxylic acids is 1. The highest BCUT2D eigenvalue weighted by molar-refractivity contribution is 5.93. The molecule has 0 aromatic heterocycles. The van der Waals surface area contributed by atoms with Crippen LogP contribution in [0.3, 0.4) is 0 Å². The maximum absolute atomic E-state index is 12.0. The smallest absolute Gasteiger partial charge is 0.253 e. The lowest BCUT2D eigenvalue weighted by Gasteiger charge is -2.14. The quantitative estimate of drug-likeness (QED) is 0.328. The second-order valence-corrected chi connectivity index (χ2v) is 7.25. The molecule has 168 valence electrons. The summed E-state index contributed by atoms with van der Waals surface area (Å²) in [5, 5.41) is 6.63. The van der Waals surface area contributed by atoms with E-state index in [0.29, 0.717) is 51.0 Å². The Balaban J connectivity index is 1.79. The van der Waals surface area contributed by atoms with Gasteiger partial charge in [0.15, 0.2) is 5.96 Å². The highest BCUT2D eigenvalue weighted by Gasteiger charge is 2.07. The van der Waals surface area contributed by atoms with E-state index >= 15 is 0 Å². The molecule has 1 amide bonds. The predicted octanol–water partition coefficient (Wildman–Crippen LogP) is 2.81. The van der Waals surface area contributed by atoms with Crippen LogP contribution < -0.4 is 10.6 Å². The third-order valence-electron chi connectivity index (χ3n) is 4.59. The zero-order chi connectivity index (χ0) is 22.5. The Labute approximate surface area is 185 Å². The van der Waals surface area contributed by atoms with Gasteiger partial charge in [-0.05, 0) is 35.7 Å². The summed E-state index contributed by atoms with van der Waals surface area (Å²) in [5.74, 6) is 0.714. The molecule has 0 fully saturated rings. The number of guanidine groups is 1. The van der Waals surface area contributed by atoms with Gasteiger partial charge in [-0.25, -0.2) is 0 Å². The molecule has 0 saturated heterocycles. The van der Waals surface area contributed by atoms with Gasteiger partial charge in [0.1, 0.15) is 0 Å². The van der Waals surface area contributed by atoms with E-state index < -0.39 is 0 Å². The summed E-state index contributed by atoms with van der Waals surface area (Å²) in [7, 11) is 5.24. The van der Waals surface area contributed by atoms with Gasteiger partial charge in [0.05, 0.1) is 19.8 Å². The fourth-order valence-corrected chi connectivity index (χ4v) is 2.90. The van der Waals surface area contributed by atoms with Gasteiger partial charge in [-0.1, -0.05) is 36.4 Å². The van der Waals surface area contributed by atoms with Crippen LogP contribution in [0.5, 0.6) is 0 Å². The minimum absolute atomic E-state index is 0.00101. The number of carbonyl (C=O) groups is 1. The lowest BCUT2D eigenvalue weighted by molar-refractivity contribution is 0.0453. The van der Waals surface area contributed by atoms with Crippen LogP contribution in [0.4, 0.5) is 0 Å². The molecule has 0 bridgehead atoms. The van der Waals surface area contributed by atoms with Crippen LogP contribution in [0, 0.1) is 0 Å². The second-order valence-electron chi connectivity index (χ2n) is 7.25. The Morgan fingerprint density at radius 3 is 2.23 bits per heavy atom. The molecule has 2 N–H and O–H groups in total. The number of ether oxygens (including phenoxy) is 2.